The number of amides is 2. The highest BCUT2D eigenvalue weighted by molar-refractivity contribution is 5.97. The van der Waals surface area contributed by atoms with E-state index in [2.05, 4.69) is 5.32 Å². The fraction of sp³-hybridized carbons (Fsp3) is 0.500. The highest BCUT2D eigenvalue weighted by Crippen LogP contribution is 2.15. The van der Waals surface area contributed by atoms with Crippen molar-refractivity contribution in [3.8, 4) is 0 Å². The van der Waals surface area contributed by atoms with Gasteiger partial charge in [0.2, 0.25) is 5.91 Å². The van der Waals surface area contributed by atoms with Crippen LogP contribution in [0.3, 0.4) is 0 Å². The number of nitrogens with one attached hydrogen (secondary N) is 1. The Morgan fingerprint density at radius 2 is 2.04 bits per heavy atom. The van der Waals surface area contributed by atoms with Crippen LogP contribution in [0.25, 0.3) is 0 Å². The molecule has 132 valence electrons. The average Bonchev–Trinajstić information content (AvgIpc) is 2.53. The van der Waals surface area contributed by atoms with Gasteiger partial charge >= 0.3 is 0 Å². The predicted octanol–water partition coefficient (Wildman–Crippen LogP) is 1.16. The Hall–Kier alpha value is -2.48. The normalized spacial score (nSPS) is 12.4. The predicted molar refractivity (Wildman–Crippen MR) is 90.5 cm³/mol. The monoisotopic (exact) mass is 336 g/mol. The summed E-state index contributed by atoms with van der Waals surface area (Å²) in [6.07, 6.45) is 0. The first-order valence-electron chi connectivity index (χ1n) is 7.58. The molecule has 3 N–H and O–H groups in total. The van der Waals surface area contributed by atoms with Gasteiger partial charge in [0.1, 0.15) is 6.04 Å². The molecule has 0 aliphatic carbocycles. The van der Waals surface area contributed by atoms with Gasteiger partial charge in [-0.2, -0.15) is 0 Å². The Bertz CT molecular complexity index is 630. The average molecular weight is 336 g/mol. The Kier molecular flexibility index (Phi) is 6.42. The second-order valence-corrected chi connectivity index (χ2v) is 6.57. The lowest BCUT2D eigenvalue weighted by atomic mass is 9.93. The lowest BCUT2D eigenvalue weighted by molar-refractivity contribution is -0.384. The van der Waals surface area contributed by atoms with Crippen LogP contribution in [0.1, 0.15) is 31.1 Å². The summed E-state index contributed by atoms with van der Waals surface area (Å²) >= 11 is 0. The van der Waals surface area contributed by atoms with Gasteiger partial charge in [0.25, 0.3) is 11.6 Å². The first kappa shape index (κ1) is 19.6. The number of nitro benzene ring substituents is 1. The van der Waals surface area contributed by atoms with Crippen LogP contribution in [0, 0.1) is 15.5 Å². The van der Waals surface area contributed by atoms with Crippen LogP contribution in [-0.4, -0.2) is 47.8 Å². The highest BCUT2D eigenvalue weighted by atomic mass is 16.6. The van der Waals surface area contributed by atoms with Crippen molar-refractivity contribution in [2.45, 2.75) is 26.8 Å². The molecule has 0 heterocycles. The van der Waals surface area contributed by atoms with E-state index in [0.29, 0.717) is 13.1 Å². The Balaban J connectivity index is 2.74. The third-order valence-corrected chi connectivity index (χ3v) is 3.63. The molecule has 0 bridgehead atoms. The minimum Gasteiger partial charge on any atom is -0.343 e. The van der Waals surface area contributed by atoms with Crippen molar-refractivity contribution in [1.82, 2.24) is 10.2 Å². The van der Waals surface area contributed by atoms with Gasteiger partial charge in [0.15, 0.2) is 0 Å². The quantitative estimate of drug-likeness (QED) is 0.572. The van der Waals surface area contributed by atoms with Crippen LogP contribution in [0.15, 0.2) is 24.3 Å². The van der Waals surface area contributed by atoms with E-state index in [4.69, 9.17) is 5.73 Å². The maximum atomic E-state index is 12.3. The van der Waals surface area contributed by atoms with Crippen LogP contribution in [-0.2, 0) is 4.79 Å². The van der Waals surface area contributed by atoms with Gasteiger partial charge in [-0.05, 0) is 24.9 Å². The van der Waals surface area contributed by atoms with E-state index in [1.54, 1.807) is 14.0 Å². The van der Waals surface area contributed by atoms with Gasteiger partial charge in [-0.25, -0.2) is 0 Å². The Morgan fingerprint density at radius 1 is 1.42 bits per heavy atom. The van der Waals surface area contributed by atoms with E-state index < -0.39 is 16.9 Å². The van der Waals surface area contributed by atoms with Gasteiger partial charge < -0.3 is 16.0 Å². The fourth-order valence-corrected chi connectivity index (χ4v) is 2.22. The third-order valence-electron chi connectivity index (χ3n) is 3.63. The molecule has 1 aromatic carbocycles. The molecule has 8 nitrogen and oxygen atoms in total. The zero-order valence-corrected chi connectivity index (χ0v) is 14.4. The van der Waals surface area contributed by atoms with E-state index in [1.165, 1.54) is 29.2 Å². The maximum Gasteiger partial charge on any atom is 0.270 e. The van der Waals surface area contributed by atoms with E-state index in [1.807, 2.05) is 13.8 Å². The second-order valence-electron chi connectivity index (χ2n) is 6.57. The molecule has 0 saturated heterocycles. The maximum absolute atomic E-state index is 12.3. The number of likely N-dealkylation sites (N-methyl/N-ethyl adjacent to an activating group) is 1. The third kappa shape index (κ3) is 5.31. The van der Waals surface area contributed by atoms with Crippen LogP contribution in [0.2, 0.25) is 0 Å². The number of rotatable bonds is 7. The summed E-state index contributed by atoms with van der Waals surface area (Å²) in [6, 6.07) is 4.60. The Labute approximate surface area is 141 Å². The van der Waals surface area contributed by atoms with Crippen LogP contribution < -0.4 is 11.1 Å². The topological polar surface area (TPSA) is 119 Å². The summed E-state index contributed by atoms with van der Waals surface area (Å²) in [4.78, 5) is 36.2. The van der Waals surface area contributed by atoms with Crippen LogP contribution >= 0.6 is 0 Å². The molecule has 2 amide bonds. The number of hydrogen-bond acceptors (Lipinski definition) is 5. The molecule has 0 radical (unpaired) electrons. The number of nitro groups is 1. The zero-order chi connectivity index (χ0) is 18.5. The molecule has 1 unspecified atom stereocenters. The molecule has 0 aliphatic heterocycles. The molecule has 1 aromatic rings. The molecule has 1 atom stereocenters. The van der Waals surface area contributed by atoms with Crippen molar-refractivity contribution in [2.75, 3.05) is 20.1 Å². The number of carbonyl (C=O) groups excluding carboxylic acids is 2. The SMILES string of the molecule is CC(NC(=O)c1cccc([N+](=O)[O-])c1)C(=O)N(C)CC(C)(C)CN. The van der Waals surface area contributed by atoms with E-state index >= 15 is 0 Å². The van der Waals surface area contributed by atoms with E-state index in [9.17, 15) is 19.7 Å². The molecule has 0 saturated carbocycles. The van der Waals surface area contributed by atoms with Crippen molar-refractivity contribution in [3.63, 3.8) is 0 Å². The van der Waals surface area contributed by atoms with E-state index in [-0.39, 0.29) is 22.6 Å². The van der Waals surface area contributed by atoms with Gasteiger partial charge in [-0.1, -0.05) is 19.9 Å². The van der Waals surface area contributed by atoms with Crippen molar-refractivity contribution < 1.29 is 14.5 Å². The van der Waals surface area contributed by atoms with Crippen molar-refractivity contribution in [2.24, 2.45) is 11.1 Å². The first-order chi connectivity index (χ1) is 11.1. The van der Waals surface area contributed by atoms with Gasteiger partial charge in [0.05, 0.1) is 4.92 Å². The van der Waals surface area contributed by atoms with Crippen LogP contribution in [0.5, 0.6) is 0 Å². The zero-order valence-electron chi connectivity index (χ0n) is 14.4. The summed E-state index contributed by atoms with van der Waals surface area (Å²) < 4.78 is 0. The molecule has 0 fully saturated rings. The Morgan fingerprint density at radius 3 is 2.58 bits per heavy atom. The molecule has 1 rings (SSSR count). The molecule has 0 spiro atoms. The number of nitrogens with zero attached hydrogens (tertiary/aromatic N) is 2. The summed E-state index contributed by atoms with van der Waals surface area (Å²) in [7, 11) is 1.65. The summed E-state index contributed by atoms with van der Waals surface area (Å²) in [5.74, 6) is -0.790. The fourth-order valence-electron chi connectivity index (χ4n) is 2.22. The summed E-state index contributed by atoms with van der Waals surface area (Å²) in [6.45, 7) is 6.36. The number of hydrogen-bond donors (Lipinski definition) is 2. The van der Waals surface area contributed by atoms with Crippen molar-refractivity contribution in [3.05, 3.63) is 39.9 Å². The number of non-ortho nitro benzene ring substituents is 1. The van der Waals surface area contributed by atoms with Crippen molar-refractivity contribution in [1.29, 1.82) is 0 Å². The first-order valence-corrected chi connectivity index (χ1v) is 7.58. The lowest BCUT2D eigenvalue weighted by Crippen LogP contribution is -2.48. The van der Waals surface area contributed by atoms with Gasteiger partial charge in [-0.15, -0.1) is 0 Å². The molecule has 0 aliphatic rings. The smallest absolute Gasteiger partial charge is 0.270 e. The van der Waals surface area contributed by atoms with Crippen molar-refractivity contribution >= 4 is 17.5 Å². The second kappa shape index (κ2) is 7.87. The number of carbonyl (C=O) groups is 2. The van der Waals surface area contributed by atoms with E-state index in [0.717, 1.165) is 0 Å². The molecule has 8 heteroatoms. The lowest BCUT2D eigenvalue weighted by Gasteiger charge is -2.30. The minimum atomic E-state index is -0.754. The molecule has 0 aromatic heterocycles. The van der Waals surface area contributed by atoms with Gasteiger partial charge in [-0.3, -0.25) is 19.7 Å². The summed E-state index contributed by atoms with van der Waals surface area (Å²) in [5, 5.41) is 13.3. The summed E-state index contributed by atoms with van der Waals surface area (Å²) in [5.41, 5.74) is 5.39. The highest BCUT2D eigenvalue weighted by Gasteiger charge is 2.25. The minimum absolute atomic E-state index is 0.133. The molecular formula is C16H24N4O4. The standard InChI is InChI=1S/C16H24N4O4/c1-11(15(22)19(4)10-16(2,3)9-17)18-14(21)12-6-5-7-13(8-12)20(23)24/h5-8,11H,9-10,17H2,1-4H3,(H,18,21). The number of nitrogens with two attached hydrogens (primary N) is 1. The van der Waals surface area contributed by atoms with Crippen LogP contribution in [0.4, 0.5) is 5.69 Å². The number of benzene rings is 1. The van der Waals surface area contributed by atoms with Gasteiger partial charge in [0, 0.05) is 31.3 Å². The molecular weight excluding hydrogens is 312 g/mol. The molecule has 24 heavy (non-hydrogen) atoms. The largest absolute Gasteiger partial charge is 0.343 e.